The van der Waals surface area contributed by atoms with Crippen LogP contribution in [0.2, 0.25) is 0 Å². The van der Waals surface area contributed by atoms with Crippen LogP contribution in [0.1, 0.15) is 18.4 Å². The Morgan fingerprint density at radius 1 is 1.37 bits per heavy atom. The average molecular weight is 262 g/mol. The van der Waals surface area contributed by atoms with Crippen LogP contribution in [-0.2, 0) is 16.1 Å². The molecule has 1 aliphatic rings. The minimum atomic E-state index is 0.128. The summed E-state index contributed by atoms with van der Waals surface area (Å²) in [5.41, 5.74) is 1.16. The monoisotopic (exact) mass is 262 g/mol. The number of benzene rings is 1. The van der Waals surface area contributed by atoms with E-state index in [0.29, 0.717) is 19.8 Å². The van der Waals surface area contributed by atoms with Crippen molar-refractivity contribution in [3.63, 3.8) is 0 Å². The third kappa shape index (κ3) is 5.01. The lowest BCUT2D eigenvalue weighted by molar-refractivity contribution is -0.125. The van der Waals surface area contributed by atoms with E-state index in [0.717, 1.165) is 31.5 Å². The third-order valence-corrected chi connectivity index (χ3v) is 3.32. The van der Waals surface area contributed by atoms with Crippen LogP contribution >= 0.6 is 0 Å². The van der Waals surface area contributed by atoms with Crippen LogP contribution < -0.4 is 10.6 Å². The first kappa shape index (κ1) is 14.0. The van der Waals surface area contributed by atoms with Gasteiger partial charge in [0, 0.05) is 13.1 Å². The van der Waals surface area contributed by atoms with Gasteiger partial charge in [0.15, 0.2) is 0 Å². The summed E-state index contributed by atoms with van der Waals surface area (Å²) in [6.45, 7) is 3.57. The van der Waals surface area contributed by atoms with Crippen LogP contribution in [0, 0.1) is 5.92 Å². The number of carbonyl (C=O) groups excluding carboxylic acids is 1. The van der Waals surface area contributed by atoms with Crippen LogP contribution in [0.3, 0.4) is 0 Å². The van der Waals surface area contributed by atoms with Crippen LogP contribution in [0.25, 0.3) is 0 Å². The van der Waals surface area contributed by atoms with E-state index in [1.807, 2.05) is 30.3 Å². The summed E-state index contributed by atoms with van der Waals surface area (Å²) in [4.78, 5) is 11.8. The molecule has 104 valence electrons. The number of hydrogen-bond donors (Lipinski definition) is 2. The third-order valence-electron chi connectivity index (χ3n) is 3.32. The summed E-state index contributed by atoms with van der Waals surface area (Å²) >= 11 is 0. The molecule has 0 bridgehead atoms. The van der Waals surface area contributed by atoms with Gasteiger partial charge >= 0.3 is 0 Å². The fourth-order valence-electron chi connectivity index (χ4n) is 2.23. The molecule has 0 aromatic heterocycles. The van der Waals surface area contributed by atoms with Crippen molar-refractivity contribution in [2.45, 2.75) is 19.4 Å². The predicted molar refractivity (Wildman–Crippen MR) is 74.7 cm³/mol. The number of amides is 1. The van der Waals surface area contributed by atoms with Gasteiger partial charge in [0.1, 0.15) is 0 Å². The zero-order chi connectivity index (χ0) is 13.3. The Balaban J connectivity index is 1.55. The van der Waals surface area contributed by atoms with E-state index >= 15 is 0 Å². The van der Waals surface area contributed by atoms with Gasteiger partial charge < -0.3 is 15.4 Å². The molecule has 2 N–H and O–H groups in total. The molecule has 0 aliphatic carbocycles. The van der Waals surface area contributed by atoms with Crippen LogP contribution in [0.15, 0.2) is 30.3 Å². The highest BCUT2D eigenvalue weighted by Gasteiger charge is 2.19. The van der Waals surface area contributed by atoms with Crippen LogP contribution in [0.4, 0.5) is 0 Å². The van der Waals surface area contributed by atoms with Gasteiger partial charge in [0.05, 0.1) is 19.1 Å². The number of ether oxygens (including phenoxy) is 1. The van der Waals surface area contributed by atoms with Gasteiger partial charge in [-0.25, -0.2) is 0 Å². The van der Waals surface area contributed by atoms with E-state index in [1.54, 1.807) is 0 Å². The maximum Gasteiger partial charge on any atom is 0.224 e. The lowest BCUT2D eigenvalue weighted by Crippen LogP contribution is -2.41. The molecule has 1 aliphatic heterocycles. The Kier molecular flexibility index (Phi) is 5.85. The molecule has 19 heavy (non-hydrogen) atoms. The Bertz CT molecular complexity index is 375. The molecule has 0 radical (unpaired) electrons. The van der Waals surface area contributed by atoms with Gasteiger partial charge in [0.25, 0.3) is 0 Å². The van der Waals surface area contributed by atoms with E-state index < -0.39 is 0 Å². The number of nitrogens with one attached hydrogen (secondary N) is 2. The molecule has 1 aromatic rings. The molecule has 1 aromatic carbocycles. The van der Waals surface area contributed by atoms with Crippen molar-refractivity contribution in [2.75, 3.05) is 26.2 Å². The highest BCUT2D eigenvalue weighted by molar-refractivity contribution is 5.78. The summed E-state index contributed by atoms with van der Waals surface area (Å²) in [5, 5.41) is 6.18. The molecule has 0 spiro atoms. The largest absolute Gasteiger partial charge is 0.375 e. The molecular weight excluding hydrogens is 240 g/mol. The minimum absolute atomic E-state index is 0.128. The summed E-state index contributed by atoms with van der Waals surface area (Å²) in [7, 11) is 0. The van der Waals surface area contributed by atoms with Gasteiger partial charge in [-0.3, -0.25) is 4.79 Å². The average Bonchev–Trinajstić information content (AvgIpc) is 2.49. The quantitative estimate of drug-likeness (QED) is 0.760. The zero-order valence-corrected chi connectivity index (χ0v) is 11.2. The fraction of sp³-hybridized carbons (Fsp3) is 0.533. The summed E-state index contributed by atoms with van der Waals surface area (Å²) < 4.78 is 5.53. The number of piperidine rings is 1. The Hall–Kier alpha value is -1.39. The molecule has 2 rings (SSSR count). The normalized spacial score (nSPS) is 19.1. The number of hydrogen-bond acceptors (Lipinski definition) is 3. The van der Waals surface area contributed by atoms with Crippen LogP contribution in [-0.4, -0.2) is 32.1 Å². The lowest BCUT2D eigenvalue weighted by atomic mass is 9.99. The second kappa shape index (κ2) is 7.92. The Morgan fingerprint density at radius 3 is 2.95 bits per heavy atom. The first-order valence-electron chi connectivity index (χ1n) is 6.96. The first-order valence-corrected chi connectivity index (χ1v) is 6.96. The fourth-order valence-corrected chi connectivity index (χ4v) is 2.23. The lowest BCUT2D eigenvalue weighted by Gasteiger charge is -2.21. The molecule has 1 saturated heterocycles. The summed E-state index contributed by atoms with van der Waals surface area (Å²) in [6.07, 6.45) is 2.08. The molecule has 4 heteroatoms. The Labute approximate surface area is 114 Å². The van der Waals surface area contributed by atoms with E-state index in [4.69, 9.17) is 4.74 Å². The molecule has 0 saturated carbocycles. The molecular formula is C15H22N2O2. The van der Waals surface area contributed by atoms with Crippen molar-refractivity contribution in [1.29, 1.82) is 0 Å². The van der Waals surface area contributed by atoms with Gasteiger partial charge in [-0.2, -0.15) is 0 Å². The predicted octanol–water partition coefficient (Wildman–Crippen LogP) is 1.32. The molecule has 1 atom stereocenters. The molecule has 1 amide bonds. The molecule has 1 heterocycles. The molecule has 1 unspecified atom stereocenters. The van der Waals surface area contributed by atoms with Gasteiger partial charge in [-0.15, -0.1) is 0 Å². The van der Waals surface area contributed by atoms with Crippen molar-refractivity contribution in [1.82, 2.24) is 10.6 Å². The smallest absolute Gasteiger partial charge is 0.224 e. The van der Waals surface area contributed by atoms with Crippen molar-refractivity contribution in [3.8, 4) is 0 Å². The maximum atomic E-state index is 11.8. The summed E-state index contributed by atoms with van der Waals surface area (Å²) in [6, 6.07) is 10.0. The van der Waals surface area contributed by atoms with E-state index in [1.165, 1.54) is 0 Å². The first-order chi connectivity index (χ1) is 9.36. The van der Waals surface area contributed by atoms with Gasteiger partial charge in [-0.05, 0) is 24.9 Å². The minimum Gasteiger partial charge on any atom is -0.375 e. The zero-order valence-electron chi connectivity index (χ0n) is 11.2. The van der Waals surface area contributed by atoms with Crippen molar-refractivity contribution < 1.29 is 9.53 Å². The van der Waals surface area contributed by atoms with Crippen molar-refractivity contribution >= 4 is 5.91 Å². The van der Waals surface area contributed by atoms with Gasteiger partial charge in [-0.1, -0.05) is 30.3 Å². The highest BCUT2D eigenvalue weighted by Crippen LogP contribution is 2.09. The molecule has 1 fully saturated rings. The standard InChI is InChI=1S/C15H22N2O2/c18-15(14-7-4-8-16-11-14)17-9-10-19-12-13-5-2-1-3-6-13/h1-3,5-6,14,16H,4,7-12H2,(H,17,18). The van der Waals surface area contributed by atoms with Crippen molar-refractivity contribution in [3.05, 3.63) is 35.9 Å². The van der Waals surface area contributed by atoms with Crippen LogP contribution in [0.5, 0.6) is 0 Å². The van der Waals surface area contributed by atoms with E-state index in [9.17, 15) is 4.79 Å². The number of carbonyl (C=O) groups is 1. The topological polar surface area (TPSA) is 50.4 Å². The Morgan fingerprint density at radius 2 is 2.21 bits per heavy atom. The SMILES string of the molecule is O=C(NCCOCc1ccccc1)C1CCCNC1. The van der Waals surface area contributed by atoms with Gasteiger partial charge in [0.2, 0.25) is 5.91 Å². The van der Waals surface area contributed by atoms with Crippen molar-refractivity contribution in [2.24, 2.45) is 5.92 Å². The second-order valence-corrected chi connectivity index (χ2v) is 4.87. The van der Waals surface area contributed by atoms with E-state index in [2.05, 4.69) is 10.6 Å². The number of rotatable bonds is 6. The maximum absolute atomic E-state index is 11.8. The summed E-state index contributed by atoms with van der Waals surface area (Å²) in [5.74, 6) is 0.276. The molecule has 4 nitrogen and oxygen atoms in total. The highest BCUT2D eigenvalue weighted by atomic mass is 16.5. The second-order valence-electron chi connectivity index (χ2n) is 4.87. The van der Waals surface area contributed by atoms with E-state index in [-0.39, 0.29) is 11.8 Å².